The normalized spacial score (nSPS) is 15.9. The van der Waals surface area contributed by atoms with Crippen LogP contribution in [0.2, 0.25) is 5.02 Å². The second-order valence-corrected chi connectivity index (χ2v) is 8.91. The van der Waals surface area contributed by atoms with Crippen molar-refractivity contribution in [2.45, 2.75) is 18.9 Å². The number of benzene rings is 2. The summed E-state index contributed by atoms with van der Waals surface area (Å²) >= 11 is 6.07. The lowest BCUT2D eigenvalue weighted by molar-refractivity contribution is -0.0426. The zero-order chi connectivity index (χ0) is 23.7. The number of aromatic amines is 1. The van der Waals surface area contributed by atoms with Crippen LogP contribution in [0.25, 0.3) is 22.4 Å². The van der Waals surface area contributed by atoms with Crippen molar-refractivity contribution < 1.29 is 15.3 Å². The van der Waals surface area contributed by atoms with Crippen molar-refractivity contribution >= 4 is 28.5 Å². The third-order valence-electron chi connectivity index (χ3n) is 6.19. The molecule has 2 aromatic carbocycles. The van der Waals surface area contributed by atoms with E-state index in [-0.39, 0.29) is 0 Å². The molecule has 0 aliphatic carbocycles. The number of nitrogens with zero attached hydrogens (tertiary/aromatic N) is 4. The van der Waals surface area contributed by atoms with Crippen molar-refractivity contribution in [3.8, 4) is 11.4 Å². The standard InChI is InChI=1S/C25H26ClN5O3/c26-19-5-6-20-21(14-19)29-24(28-20)18-4-7-22(27-15-18)30-8-10-31(11-9-30)23(32)13-16-2-1-3-17(12-16)25(33)34/h1-7,12,14-15,23,25,32-34H,8-11,13H2,(H,28,29). The first-order valence-electron chi connectivity index (χ1n) is 11.2. The van der Waals surface area contributed by atoms with E-state index in [1.54, 1.807) is 18.2 Å². The Bertz CT molecular complexity index is 1270. The summed E-state index contributed by atoms with van der Waals surface area (Å²) in [5.41, 5.74) is 3.94. The molecule has 176 valence electrons. The van der Waals surface area contributed by atoms with E-state index in [1.165, 1.54) is 0 Å². The number of H-pyrrole nitrogens is 1. The van der Waals surface area contributed by atoms with Crippen LogP contribution in [-0.2, 0) is 6.42 Å². The van der Waals surface area contributed by atoms with Crippen LogP contribution in [0.4, 0.5) is 5.82 Å². The Morgan fingerprint density at radius 3 is 2.53 bits per heavy atom. The molecule has 2 aromatic heterocycles. The maximum absolute atomic E-state index is 10.7. The molecule has 1 aliphatic rings. The van der Waals surface area contributed by atoms with E-state index < -0.39 is 12.5 Å². The fourth-order valence-electron chi connectivity index (χ4n) is 4.30. The van der Waals surface area contributed by atoms with Crippen LogP contribution >= 0.6 is 11.6 Å². The average molecular weight is 480 g/mol. The number of halogens is 1. The van der Waals surface area contributed by atoms with E-state index in [4.69, 9.17) is 11.6 Å². The highest BCUT2D eigenvalue weighted by atomic mass is 35.5. The van der Waals surface area contributed by atoms with Crippen molar-refractivity contribution in [1.29, 1.82) is 0 Å². The van der Waals surface area contributed by atoms with Crippen LogP contribution < -0.4 is 4.90 Å². The van der Waals surface area contributed by atoms with E-state index in [0.29, 0.717) is 30.1 Å². The molecular formula is C25H26ClN5O3. The van der Waals surface area contributed by atoms with Crippen molar-refractivity contribution in [2.75, 3.05) is 31.1 Å². The van der Waals surface area contributed by atoms with Gasteiger partial charge in [-0.25, -0.2) is 9.97 Å². The number of anilines is 1. The minimum Gasteiger partial charge on any atom is -0.378 e. The Hall–Kier alpha value is -3.01. The predicted molar refractivity (Wildman–Crippen MR) is 131 cm³/mol. The van der Waals surface area contributed by atoms with E-state index >= 15 is 0 Å². The predicted octanol–water partition coefficient (Wildman–Crippen LogP) is 2.94. The summed E-state index contributed by atoms with van der Waals surface area (Å²) in [6.45, 7) is 2.92. The van der Waals surface area contributed by atoms with Crippen molar-refractivity contribution in [2.24, 2.45) is 0 Å². The highest BCUT2D eigenvalue weighted by Crippen LogP contribution is 2.24. The van der Waals surface area contributed by atoms with Gasteiger partial charge in [0.1, 0.15) is 17.9 Å². The number of fused-ring (bicyclic) bond motifs is 1. The van der Waals surface area contributed by atoms with Gasteiger partial charge in [0.25, 0.3) is 0 Å². The molecule has 1 unspecified atom stereocenters. The molecule has 1 atom stereocenters. The molecule has 8 nitrogen and oxygen atoms in total. The smallest absolute Gasteiger partial charge is 0.178 e. The van der Waals surface area contributed by atoms with Crippen molar-refractivity contribution in [1.82, 2.24) is 19.9 Å². The first-order valence-corrected chi connectivity index (χ1v) is 11.6. The Labute approximate surface area is 202 Å². The number of imidazole rings is 1. The fourth-order valence-corrected chi connectivity index (χ4v) is 4.47. The van der Waals surface area contributed by atoms with Gasteiger partial charge in [0, 0.05) is 54.9 Å². The van der Waals surface area contributed by atoms with Gasteiger partial charge in [-0.2, -0.15) is 0 Å². The molecule has 5 rings (SSSR count). The fraction of sp³-hybridized carbons (Fsp3) is 0.280. The van der Waals surface area contributed by atoms with Gasteiger partial charge in [0.2, 0.25) is 0 Å². The molecule has 0 spiro atoms. The Morgan fingerprint density at radius 2 is 1.79 bits per heavy atom. The maximum Gasteiger partial charge on any atom is 0.178 e. The summed E-state index contributed by atoms with van der Waals surface area (Å²) in [5.74, 6) is 1.64. The largest absolute Gasteiger partial charge is 0.378 e. The Balaban J connectivity index is 1.19. The number of aromatic nitrogens is 3. The Morgan fingerprint density at radius 1 is 0.971 bits per heavy atom. The number of aliphatic hydroxyl groups excluding tert-OH is 2. The summed E-state index contributed by atoms with van der Waals surface area (Å²) in [5, 5.41) is 30.1. The molecule has 3 heterocycles. The molecular weight excluding hydrogens is 454 g/mol. The van der Waals surface area contributed by atoms with Crippen LogP contribution in [0.15, 0.2) is 60.8 Å². The second kappa shape index (κ2) is 9.69. The topological polar surface area (TPSA) is 109 Å². The summed E-state index contributed by atoms with van der Waals surface area (Å²) in [6, 6.07) is 16.6. The highest BCUT2D eigenvalue weighted by Gasteiger charge is 2.23. The van der Waals surface area contributed by atoms with Gasteiger partial charge in [-0.1, -0.05) is 35.9 Å². The molecule has 0 radical (unpaired) electrons. The lowest BCUT2D eigenvalue weighted by Gasteiger charge is -2.37. The van der Waals surface area contributed by atoms with Gasteiger partial charge in [-0.3, -0.25) is 4.90 Å². The first kappa shape index (κ1) is 22.8. The number of nitrogens with one attached hydrogen (secondary N) is 1. The number of hydrogen-bond acceptors (Lipinski definition) is 7. The second-order valence-electron chi connectivity index (χ2n) is 8.48. The lowest BCUT2D eigenvalue weighted by Crippen LogP contribution is -2.51. The van der Waals surface area contributed by atoms with Crippen LogP contribution in [0.5, 0.6) is 0 Å². The van der Waals surface area contributed by atoms with Crippen molar-refractivity contribution in [3.63, 3.8) is 0 Å². The molecule has 0 amide bonds. The van der Waals surface area contributed by atoms with Crippen LogP contribution in [-0.4, -0.2) is 67.6 Å². The van der Waals surface area contributed by atoms with Gasteiger partial charge >= 0.3 is 0 Å². The summed E-state index contributed by atoms with van der Waals surface area (Å²) in [4.78, 5) is 16.8. The molecule has 1 fully saturated rings. The quantitative estimate of drug-likeness (QED) is 0.315. The minimum absolute atomic E-state index is 0.426. The summed E-state index contributed by atoms with van der Waals surface area (Å²) in [7, 11) is 0. The molecule has 1 saturated heterocycles. The average Bonchev–Trinajstić information content (AvgIpc) is 3.27. The molecule has 34 heavy (non-hydrogen) atoms. The summed E-state index contributed by atoms with van der Waals surface area (Å²) < 4.78 is 0. The van der Waals surface area contributed by atoms with Crippen LogP contribution in [0.1, 0.15) is 17.4 Å². The lowest BCUT2D eigenvalue weighted by atomic mass is 10.1. The van der Waals surface area contributed by atoms with Crippen molar-refractivity contribution in [3.05, 3.63) is 76.9 Å². The maximum atomic E-state index is 10.7. The Kier molecular flexibility index (Phi) is 6.49. The number of pyridine rings is 1. The SMILES string of the molecule is OC(O)c1cccc(CC(O)N2CCN(c3ccc(-c4nc5ccc(Cl)cc5[nH]4)cn3)CC2)c1. The zero-order valence-corrected chi connectivity index (χ0v) is 19.2. The number of rotatable bonds is 6. The van der Waals surface area contributed by atoms with Gasteiger partial charge < -0.3 is 25.2 Å². The third kappa shape index (κ3) is 4.91. The molecule has 9 heteroatoms. The molecule has 4 N–H and O–H groups in total. The number of aliphatic hydroxyl groups is 3. The highest BCUT2D eigenvalue weighted by molar-refractivity contribution is 6.31. The van der Waals surface area contributed by atoms with E-state index in [9.17, 15) is 15.3 Å². The number of piperazine rings is 1. The molecule has 4 aromatic rings. The van der Waals surface area contributed by atoms with E-state index in [0.717, 1.165) is 46.9 Å². The van der Waals surface area contributed by atoms with Crippen LogP contribution in [0.3, 0.4) is 0 Å². The van der Waals surface area contributed by atoms with E-state index in [1.807, 2.05) is 47.5 Å². The first-order chi connectivity index (χ1) is 16.5. The number of hydrogen-bond donors (Lipinski definition) is 4. The molecule has 0 bridgehead atoms. The molecule has 1 aliphatic heterocycles. The zero-order valence-electron chi connectivity index (χ0n) is 18.5. The van der Waals surface area contributed by atoms with Gasteiger partial charge in [0.05, 0.1) is 11.0 Å². The van der Waals surface area contributed by atoms with Gasteiger partial charge in [-0.05, 0) is 35.9 Å². The van der Waals surface area contributed by atoms with Crippen LogP contribution in [0, 0.1) is 0 Å². The minimum atomic E-state index is -1.51. The van der Waals surface area contributed by atoms with Gasteiger partial charge in [-0.15, -0.1) is 0 Å². The third-order valence-corrected chi connectivity index (χ3v) is 6.43. The van der Waals surface area contributed by atoms with E-state index in [2.05, 4.69) is 19.9 Å². The molecule has 0 saturated carbocycles. The van der Waals surface area contributed by atoms with Gasteiger partial charge in [0.15, 0.2) is 6.29 Å². The summed E-state index contributed by atoms with van der Waals surface area (Å²) in [6.07, 6.45) is 0.101. The monoisotopic (exact) mass is 479 g/mol.